The van der Waals surface area contributed by atoms with E-state index in [0.717, 1.165) is 18.4 Å². The van der Waals surface area contributed by atoms with E-state index in [-0.39, 0.29) is 5.41 Å². The lowest BCUT2D eigenvalue weighted by Crippen LogP contribution is -2.40. The van der Waals surface area contributed by atoms with Crippen molar-refractivity contribution in [1.82, 2.24) is 0 Å². The second-order valence-corrected chi connectivity index (χ2v) is 11.5. The van der Waals surface area contributed by atoms with Gasteiger partial charge in [0.05, 0.1) is 19.3 Å². The number of methoxy groups -OCH3 is 1. The van der Waals surface area contributed by atoms with Crippen LogP contribution in [-0.4, -0.2) is 52.5 Å². The molecule has 6 nitrogen and oxygen atoms in total. The van der Waals surface area contributed by atoms with Crippen molar-refractivity contribution in [3.63, 3.8) is 0 Å². The highest BCUT2D eigenvalue weighted by molar-refractivity contribution is 5.60. The molecule has 34 heavy (non-hydrogen) atoms. The van der Waals surface area contributed by atoms with Gasteiger partial charge in [0, 0.05) is 0 Å². The van der Waals surface area contributed by atoms with Gasteiger partial charge in [-0.1, -0.05) is 49.3 Å². The van der Waals surface area contributed by atoms with Crippen LogP contribution in [0.4, 0.5) is 4.79 Å². The molecule has 3 fully saturated rings. The summed E-state index contributed by atoms with van der Waals surface area (Å²) in [5, 5.41) is 30.6. The van der Waals surface area contributed by atoms with Crippen molar-refractivity contribution in [2.24, 2.45) is 23.2 Å². The number of allylic oxidation sites excluding steroid dienone is 4. The molecule has 7 atom stereocenters. The van der Waals surface area contributed by atoms with E-state index in [1.165, 1.54) is 31.9 Å². The second kappa shape index (κ2) is 11.0. The Morgan fingerprint density at radius 2 is 1.82 bits per heavy atom. The highest BCUT2D eigenvalue weighted by Crippen LogP contribution is 2.59. The van der Waals surface area contributed by atoms with Gasteiger partial charge in [-0.15, -0.1) is 0 Å². The SMILES string of the molecule is COC(=O)OC(C)(C)[C@@H](O)/C=C/[C@@H](C)[C@H]1CC[C@H]2/C(=C/C=C3C[C@@H](O)C[C@H](O)C3)CCC[C@]12C. The fraction of sp³-hybridized carbons (Fsp3) is 0.750. The van der Waals surface area contributed by atoms with E-state index in [4.69, 9.17) is 4.74 Å². The number of aliphatic hydroxyl groups is 3. The van der Waals surface area contributed by atoms with Gasteiger partial charge in [0.15, 0.2) is 0 Å². The molecule has 0 heterocycles. The monoisotopic (exact) mass is 476 g/mol. The summed E-state index contributed by atoms with van der Waals surface area (Å²) >= 11 is 0. The molecule has 0 saturated heterocycles. The molecule has 3 rings (SSSR count). The number of aliphatic hydroxyl groups excluding tert-OH is 3. The summed E-state index contributed by atoms with van der Waals surface area (Å²) in [7, 11) is 1.26. The smallest absolute Gasteiger partial charge is 0.438 e. The Balaban J connectivity index is 1.69. The number of ether oxygens (including phenoxy) is 2. The van der Waals surface area contributed by atoms with Crippen molar-refractivity contribution in [2.45, 2.75) is 103 Å². The minimum Gasteiger partial charge on any atom is -0.438 e. The number of rotatable bonds is 6. The molecular formula is C28H44O6. The van der Waals surface area contributed by atoms with Crippen LogP contribution in [0.15, 0.2) is 35.5 Å². The van der Waals surface area contributed by atoms with Crippen molar-refractivity contribution in [2.75, 3.05) is 7.11 Å². The Morgan fingerprint density at radius 1 is 1.15 bits per heavy atom. The van der Waals surface area contributed by atoms with Crippen LogP contribution in [0.25, 0.3) is 0 Å². The first-order valence-corrected chi connectivity index (χ1v) is 12.8. The quantitative estimate of drug-likeness (QED) is 0.366. The molecule has 3 aliphatic carbocycles. The Bertz CT molecular complexity index is 800. The average molecular weight is 477 g/mol. The van der Waals surface area contributed by atoms with E-state index in [2.05, 4.69) is 36.8 Å². The number of fused-ring (bicyclic) bond motifs is 1. The molecule has 0 aromatic heterocycles. The van der Waals surface area contributed by atoms with Crippen molar-refractivity contribution < 1.29 is 29.6 Å². The third-order valence-electron chi connectivity index (χ3n) is 8.57. The third-order valence-corrected chi connectivity index (χ3v) is 8.57. The average Bonchev–Trinajstić information content (AvgIpc) is 3.12. The van der Waals surface area contributed by atoms with Gasteiger partial charge in [0.1, 0.15) is 11.7 Å². The first-order valence-electron chi connectivity index (χ1n) is 12.8. The van der Waals surface area contributed by atoms with Crippen molar-refractivity contribution in [1.29, 1.82) is 0 Å². The van der Waals surface area contributed by atoms with E-state index < -0.39 is 30.1 Å². The van der Waals surface area contributed by atoms with Gasteiger partial charge in [-0.05, 0) is 88.4 Å². The van der Waals surface area contributed by atoms with Crippen LogP contribution in [0.3, 0.4) is 0 Å². The molecule has 0 radical (unpaired) electrons. The van der Waals surface area contributed by atoms with Crippen LogP contribution in [0.2, 0.25) is 0 Å². The number of hydrogen-bond donors (Lipinski definition) is 3. The Kier molecular flexibility index (Phi) is 8.70. The third kappa shape index (κ3) is 6.13. The highest BCUT2D eigenvalue weighted by Gasteiger charge is 2.50. The number of carbonyl (C=O) groups excluding carboxylic acids is 1. The normalized spacial score (nSPS) is 35.2. The molecule has 0 aromatic rings. The molecule has 192 valence electrons. The maximum absolute atomic E-state index is 11.5. The van der Waals surface area contributed by atoms with Crippen molar-refractivity contribution in [3.05, 3.63) is 35.5 Å². The highest BCUT2D eigenvalue weighted by atomic mass is 16.7. The van der Waals surface area contributed by atoms with E-state index in [0.29, 0.717) is 37.0 Å². The zero-order chi connectivity index (χ0) is 25.1. The molecular weight excluding hydrogens is 432 g/mol. The van der Waals surface area contributed by atoms with Gasteiger partial charge < -0.3 is 24.8 Å². The molecule has 6 heteroatoms. The number of hydrogen-bond acceptors (Lipinski definition) is 6. The van der Waals surface area contributed by atoms with E-state index in [9.17, 15) is 20.1 Å². The van der Waals surface area contributed by atoms with Gasteiger partial charge in [0.2, 0.25) is 0 Å². The lowest BCUT2D eigenvalue weighted by atomic mass is 9.61. The Hall–Kier alpha value is -1.63. The Morgan fingerprint density at radius 3 is 2.47 bits per heavy atom. The topological polar surface area (TPSA) is 96.2 Å². The largest absolute Gasteiger partial charge is 0.508 e. The summed E-state index contributed by atoms with van der Waals surface area (Å²) in [6, 6.07) is 0. The maximum Gasteiger partial charge on any atom is 0.508 e. The van der Waals surface area contributed by atoms with Gasteiger partial charge in [-0.3, -0.25) is 0 Å². The van der Waals surface area contributed by atoms with E-state index >= 15 is 0 Å². The zero-order valence-corrected chi connectivity index (χ0v) is 21.5. The second-order valence-electron chi connectivity index (χ2n) is 11.5. The van der Waals surface area contributed by atoms with Gasteiger partial charge in [-0.2, -0.15) is 0 Å². The predicted molar refractivity (Wildman–Crippen MR) is 132 cm³/mol. The van der Waals surface area contributed by atoms with E-state index in [1.54, 1.807) is 19.9 Å². The zero-order valence-electron chi connectivity index (χ0n) is 21.5. The van der Waals surface area contributed by atoms with Crippen LogP contribution >= 0.6 is 0 Å². The predicted octanol–water partition coefficient (Wildman–Crippen LogP) is 5.08. The minimum absolute atomic E-state index is 0.209. The molecule has 0 spiro atoms. The van der Waals surface area contributed by atoms with Crippen LogP contribution in [0, 0.1) is 23.2 Å². The standard InChI is InChI=1S/C28H44O6/c1-18(8-13-25(31)27(2,3)34-26(32)33-5)23-11-12-24-20(7-6-14-28(23,24)4)10-9-19-15-21(29)17-22(30)16-19/h8-10,13,18,21-25,29-31H,6-7,11-12,14-17H2,1-5H3/b13-8+,20-10+/t18-,21-,22-,23-,24+,25+,28-/m1/s1. The van der Waals surface area contributed by atoms with Gasteiger partial charge in [-0.25, -0.2) is 4.79 Å². The summed E-state index contributed by atoms with van der Waals surface area (Å²) in [5.74, 6) is 1.35. The molecule has 0 aromatic carbocycles. The van der Waals surface area contributed by atoms with Gasteiger partial charge >= 0.3 is 6.16 Å². The van der Waals surface area contributed by atoms with Crippen LogP contribution in [-0.2, 0) is 9.47 Å². The van der Waals surface area contributed by atoms with Crippen molar-refractivity contribution in [3.8, 4) is 0 Å². The molecule has 3 saturated carbocycles. The summed E-state index contributed by atoms with van der Waals surface area (Å²) in [6.07, 6.45) is 13.3. The van der Waals surface area contributed by atoms with Crippen LogP contribution in [0.5, 0.6) is 0 Å². The molecule has 0 aliphatic heterocycles. The van der Waals surface area contributed by atoms with Crippen molar-refractivity contribution >= 4 is 6.16 Å². The first kappa shape index (κ1) is 27.0. The lowest BCUT2D eigenvalue weighted by Gasteiger charge is -2.44. The number of carbonyl (C=O) groups is 1. The maximum atomic E-state index is 11.5. The van der Waals surface area contributed by atoms with Crippen LogP contribution in [0.1, 0.15) is 79.1 Å². The molecule has 3 N–H and O–H groups in total. The molecule has 0 bridgehead atoms. The molecule has 3 aliphatic rings. The summed E-state index contributed by atoms with van der Waals surface area (Å²) in [4.78, 5) is 11.5. The summed E-state index contributed by atoms with van der Waals surface area (Å²) in [6.45, 7) is 8.00. The van der Waals surface area contributed by atoms with Crippen LogP contribution < -0.4 is 0 Å². The Labute approximate surface area is 204 Å². The lowest BCUT2D eigenvalue weighted by molar-refractivity contribution is -0.0617. The fourth-order valence-corrected chi connectivity index (χ4v) is 6.64. The summed E-state index contributed by atoms with van der Waals surface area (Å²) in [5.41, 5.74) is 1.78. The molecule has 0 amide bonds. The molecule has 0 unspecified atom stereocenters. The first-order chi connectivity index (χ1) is 16.0. The van der Waals surface area contributed by atoms with Gasteiger partial charge in [0.25, 0.3) is 0 Å². The fourth-order valence-electron chi connectivity index (χ4n) is 6.64. The minimum atomic E-state index is -1.07. The van der Waals surface area contributed by atoms with E-state index in [1.807, 2.05) is 0 Å². The summed E-state index contributed by atoms with van der Waals surface area (Å²) < 4.78 is 9.77.